The van der Waals surface area contributed by atoms with Gasteiger partial charge in [0.15, 0.2) is 0 Å². The van der Waals surface area contributed by atoms with Gasteiger partial charge in [0, 0.05) is 25.8 Å². The lowest BCUT2D eigenvalue weighted by Gasteiger charge is -2.33. The second kappa shape index (κ2) is 10.1. The molecule has 0 heterocycles. The van der Waals surface area contributed by atoms with Crippen LogP contribution in [0, 0.1) is 5.92 Å². The average molecular weight is 394 g/mol. The van der Waals surface area contributed by atoms with Crippen molar-refractivity contribution in [2.75, 3.05) is 26.8 Å². The second-order valence-electron chi connectivity index (χ2n) is 6.15. The molecule has 25 heavy (non-hydrogen) atoms. The monoisotopic (exact) mass is 393 g/mol. The number of benzene rings is 1. The molecule has 1 atom stereocenters. The fourth-order valence-electron chi connectivity index (χ4n) is 1.91. The van der Waals surface area contributed by atoms with Crippen LogP contribution in [0.25, 0.3) is 0 Å². The molecule has 1 unspecified atom stereocenters. The van der Waals surface area contributed by atoms with Crippen LogP contribution in [-0.4, -0.2) is 46.7 Å². The van der Waals surface area contributed by atoms with E-state index in [0.717, 1.165) is 0 Å². The van der Waals surface area contributed by atoms with Gasteiger partial charge in [0.2, 0.25) is 10.0 Å². The number of ether oxygens (including phenoxy) is 1. The summed E-state index contributed by atoms with van der Waals surface area (Å²) in [5, 5.41) is 2.91. The highest BCUT2D eigenvalue weighted by molar-refractivity contribution is 7.89. The van der Waals surface area contributed by atoms with Gasteiger partial charge in [0.1, 0.15) is 0 Å². The van der Waals surface area contributed by atoms with Crippen molar-refractivity contribution in [3.05, 3.63) is 29.8 Å². The smallest absolute Gasteiger partial charge is 0.251 e. The SMILES string of the molecule is COCCNS(=O)(=O)c1ccc(C(=O)NC(C)(CN)C(C)C)cc1.Cl. The molecule has 4 N–H and O–H groups in total. The Balaban J connectivity index is 0.00000576. The topological polar surface area (TPSA) is 111 Å². The summed E-state index contributed by atoms with van der Waals surface area (Å²) >= 11 is 0. The van der Waals surface area contributed by atoms with Crippen molar-refractivity contribution in [3.8, 4) is 0 Å². The Labute approximate surface area is 156 Å². The molecule has 0 radical (unpaired) electrons. The van der Waals surface area contributed by atoms with Crippen molar-refractivity contribution < 1.29 is 17.9 Å². The number of nitrogens with one attached hydrogen (secondary N) is 2. The lowest BCUT2D eigenvalue weighted by Crippen LogP contribution is -2.55. The molecule has 0 aliphatic heterocycles. The highest BCUT2D eigenvalue weighted by Gasteiger charge is 2.29. The minimum absolute atomic E-state index is 0. The number of carbonyl (C=O) groups is 1. The van der Waals surface area contributed by atoms with Gasteiger partial charge in [-0.2, -0.15) is 0 Å². The molecule has 1 aromatic rings. The summed E-state index contributed by atoms with van der Waals surface area (Å²) in [5.41, 5.74) is 5.62. The quantitative estimate of drug-likeness (QED) is 0.545. The van der Waals surface area contributed by atoms with Crippen molar-refractivity contribution >= 4 is 28.3 Å². The average Bonchev–Trinajstić information content (AvgIpc) is 2.54. The number of sulfonamides is 1. The minimum Gasteiger partial charge on any atom is -0.383 e. The second-order valence-corrected chi connectivity index (χ2v) is 7.91. The van der Waals surface area contributed by atoms with Gasteiger partial charge in [-0.1, -0.05) is 13.8 Å². The van der Waals surface area contributed by atoms with E-state index in [9.17, 15) is 13.2 Å². The van der Waals surface area contributed by atoms with Crippen LogP contribution in [0.15, 0.2) is 29.2 Å². The molecule has 9 heteroatoms. The molecule has 0 saturated carbocycles. The fraction of sp³-hybridized carbons (Fsp3) is 0.562. The molecular formula is C16H28ClN3O4S. The number of hydrogen-bond acceptors (Lipinski definition) is 5. The van der Waals surface area contributed by atoms with Crippen LogP contribution in [0.1, 0.15) is 31.1 Å². The summed E-state index contributed by atoms with van der Waals surface area (Å²) in [6.07, 6.45) is 0. The highest BCUT2D eigenvalue weighted by Crippen LogP contribution is 2.17. The Morgan fingerprint density at radius 1 is 1.28 bits per heavy atom. The fourth-order valence-corrected chi connectivity index (χ4v) is 2.92. The molecule has 0 aromatic heterocycles. The summed E-state index contributed by atoms with van der Waals surface area (Å²) in [7, 11) is -2.12. The van der Waals surface area contributed by atoms with Gasteiger partial charge in [-0.3, -0.25) is 4.79 Å². The molecule has 0 fully saturated rings. The lowest BCUT2D eigenvalue weighted by molar-refractivity contribution is 0.0883. The first-order chi connectivity index (χ1) is 11.2. The first kappa shape index (κ1) is 23.8. The summed E-state index contributed by atoms with van der Waals surface area (Å²) in [6.45, 7) is 6.63. The Morgan fingerprint density at radius 2 is 1.84 bits per heavy atom. The Bertz CT molecular complexity index is 650. The van der Waals surface area contributed by atoms with Gasteiger partial charge in [-0.25, -0.2) is 13.1 Å². The zero-order valence-electron chi connectivity index (χ0n) is 15.0. The van der Waals surface area contributed by atoms with E-state index in [0.29, 0.717) is 12.1 Å². The lowest BCUT2D eigenvalue weighted by atomic mass is 9.88. The van der Waals surface area contributed by atoms with Crippen molar-refractivity contribution in [3.63, 3.8) is 0 Å². The maximum absolute atomic E-state index is 12.3. The Kier molecular flexibility index (Phi) is 9.60. The maximum Gasteiger partial charge on any atom is 0.251 e. The van der Waals surface area contributed by atoms with Gasteiger partial charge in [0.25, 0.3) is 5.91 Å². The predicted molar refractivity (Wildman–Crippen MR) is 101 cm³/mol. The van der Waals surface area contributed by atoms with Gasteiger partial charge >= 0.3 is 0 Å². The largest absolute Gasteiger partial charge is 0.383 e. The summed E-state index contributed by atoms with van der Waals surface area (Å²) in [4.78, 5) is 12.4. The first-order valence-corrected chi connectivity index (χ1v) is 9.26. The zero-order valence-corrected chi connectivity index (χ0v) is 16.7. The van der Waals surface area contributed by atoms with E-state index in [1.807, 2.05) is 20.8 Å². The maximum atomic E-state index is 12.3. The van der Waals surface area contributed by atoms with Crippen LogP contribution in [0.5, 0.6) is 0 Å². The Morgan fingerprint density at radius 3 is 2.28 bits per heavy atom. The molecule has 7 nitrogen and oxygen atoms in total. The number of halogens is 1. The number of methoxy groups -OCH3 is 1. The minimum atomic E-state index is -3.61. The number of nitrogens with two attached hydrogens (primary N) is 1. The molecule has 0 spiro atoms. The number of rotatable bonds is 9. The summed E-state index contributed by atoms with van der Waals surface area (Å²) < 4.78 is 31.4. The van der Waals surface area contributed by atoms with Crippen LogP contribution < -0.4 is 15.8 Å². The van der Waals surface area contributed by atoms with Crippen LogP contribution in [0.2, 0.25) is 0 Å². The van der Waals surface area contributed by atoms with Crippen molar-refractivity contribution in [2.45, 2.75) is 31.2 Å². The van der Waals surface area contributed by atoms with E-state index in [-0.39, 0.29) is 42.3 Å². The molecule has 1 aromatic carbocycles. The molecule has 0 saturated heterocycles. The molecular weight excluding hydrogens is 366 g/mol. The van der Waals surface area contributed by atoms with E-state index in [4.69, 9.17) is 10.5 Å². The number of hydrogen-bond donors (Lipinski definition) is 3. The van der Waals surface area contributed by atoms with Crippen LogP contribution in [0.4, 0.5) is 0 Å². The van der Waals surface area contributed by atoms with E-state index in [2.05, 4.69) is 10.0 Å². The van der Waals surface area contributed by atoms with E-state index < -0.39 is 15.6 Å². The van der Waals surface area contributed by atoms with E-state index in [1.165, 1.54) is 31.4 Å². The van der Waals surface area contributed by atoms with Gasteiger partial charge in [0.05, 0.1) is 17.0 Å². The van der Waals surface area contributed by atoms with E-state index in [1.54, 1.807) is 0 Å². The van der Waals surface area contributed by atoms with Gasteiger partial charge in [-0.15, -0.1) is 12.4 Å². The molecule has 144 valence electrons. The highest BCUT2D eigenvalue weighted by atomic mass is 35.5. The van der Waals surface area contributed by atoms with Gasteiger partial charge < -0.3 is 15.8 Å². The zero-order chi connectivity index (χ0) is 18.4. The van der Waals surface area contributed by atoms with Crippen LogP contribution in [-0.2, 0) is 14.8 Å². The predicted octanol–water partition coefficient (Wildman–Crippen LogP) is 1.14. The normalized spacial score (nSPS) is 13.8. The standard InChI is InChI=1S/C16H27N3O4S.ClH/c1-12(2)16(3,11-17)19-15(20)13-5-7-14(8-6-13)24(21,22)18-9-10-23-4;/h5-8,12,18H,9-11,17H2,1-4H3,(H,19,20);1H. The third kappa shape index (κ3) is 6.56. The first-order valence-electron chi connectivity index (χ1n) is 7.77. The molecule has 1 amide bonds. The third-order valence-electron chi connectivity index (χ3n) is 4.12. The van der Waals surface area contributed by atoms with Crippen LogP contribution in [0.3, 0.4) is 0 Å². The summed E-state index contributed by atoms with van der Waals surface area (Å²) in [6, 6.07) is 5.77. The van der Waals surface area contributed by atoms with Crippen molar-refractivity contribution in [1.82, 2.24) is 10.0 Å². The summed E-state index contributed by atoms with van der Waals surface area (Å²) in [5.74, 6) is -0.121. The number of carbonyl (C=O) groups excluding carboxylic acids is 1. The molecule has 0 aliphatic rings. The van der Waals surface area contributed by atoms with Crippen molar-refractivity contribution in [2.24, 2.45) is 11.7 Å². The van der Waals surface area contributed by atoms with Crippen LogP contribution >= 0.6 is 12.4 Å². The molecule has 0 aliphatic carbocycles. The Hall–Kier alpha value is -1.19. The molecule has 1 rings (SSSR count). The van der Waals surface area contributed by atoms with Crippen molar-refractivity contribution in [1.29, 1.82) is 0 Å². The number of amides is 1. The van der Waals surface area contributed by atoms with E-state index >= 15 is 0 Å². The molecule has 0 bridgehead atoms. The van der Waals surface area contributed by atoms with Gasteiger partial charge in [-0.05, 0) is 37.1 Å². The third-order valence-corrected chi connectivity index (χ3v) is 5.60.